The molecule has 0 radical (unpaired) electrons. The van der Waals surface area contributed by atoms with Crippen LogP contribution in [-0.4, -0.2) is 39.7 Å². The minimum Gasteiger partial charge on any atom is -0.419 e. The average Bonchev–Trinajstić information content (AvgIpc) is 3.15. The number of sulfone groups is 1. The second kappa shape index (κ2) is 7.37. The molecule has 3 aromatic rings. The van der Waals surface area contributed by atoms with Crippen LogP contribution in [-0.2, 0) is 14.6 Å². The molecule has 1 saturated heterocycles. The van der Waals surface area contributed by atoms with Crippen molar-refractivity contribution in [2.45, 2.75) is 16.8 Å². The van der Waals surface area contributed by atoms with Gasteiger partial charge in [-0.1, -0.05) is 18.2 Å². The molecule has 0 unspecified atom stereocenters. The number of aryl methyl sites for hydroxylation is 1. The van der Waals surface area contributed by atoms with Gasteiger partial charge in [-0.2, -0.15) is 4.98 Å². The van der Waals surface area contributed by atoms with Gasteiger partial charge in [-0.15, -0.1) is 0 Å². The Morgan fingerprint density at radius 2 is 1.71 bits per heavy atom. The maximum Gasteiger partial charge on any atom is 0.236 e. The third kappa shape index (κ3) is 3.41. The molecule has 0 spiro atoms. The number of oxazole rings is 1. The van der Waals surface area contributed by atoms with Gasteiger partial charge in [-0.25, -0.2) is 12.8 Å². The molecule has 1 aromatic heterocycles. The van der Waals surface area contributed by atoms with Crippen LogP contribution in [0.15, 0.2) is 62.9 Å². The molecule has 0 atom stereocenters. The van der Waals surface area contributed by atoms with E-state index in [-0.39, 0.29) is 21.7 Å². The molecule has 1 fully saturated rings. The molecular weight excluding hydrogens is 383 g/mol. The summed E-state index contributed by atoms with van der Waals surface area (Å²) in [5, 5.41) is -0.167. The SMILES string of the molecule is Cc1ccccc1-c1nc(S(=O)(=O)c2ccc(F)cc2)c(N2CCOCC2)o1. The highest BCUT2D eigenvalue weighted by molar-refractivity contribution is 7.91. The number of morpholine rings is 1. The summed E-state index contributed by atoms with van der Waals surface area (Å²) >= 11 is 0. The molecule has 0 saturated carbocycles. The summed E-state index contributed by atoms with van der Waals surface area (Å²) in [4.78, 5) is 6.14. The summed E-state index contributed by atoms with van der Waals surface area (Å²) in [6.45, 7) is 3.83. The largest absolute Gasteiger partial charge is 0.419 e. The van der Waals surface area contributed by atoms with Crippen LogP contribution in [0.3, 0.4) is 0 Å². The molecule has 8 heteroatoms. The van der Waals surface area contributed by atoms with Crippen molar-refractivity contribution in [1.29, 1.82) is 0 Å². The van der Waals surface area contributed by atoms with Gasteiger partial charge in [0.15, 0.2) is 0 Å². The van der Waals surface area contributed by atoms with E-state index in [0.717, 1.165) is 23.3 Å². The lowest BCUT2D eigenvalue weighted by Gasteiger charge is -2.26. The third-order valence-electron chi connectivity index (χ3n) is 4.63. The lowest BCUT2D eigenvalue weighted by atomic mass is 10.1. The van der Waals surface area contributed by atoms with E-state index in [0.29, 0.717) is 26.3 Å². The van der Waals surface area contributed by atoms with Gasteiger partial charge in [-0.05, 0) is 42.8 Å². The van der Waals surface area contributed by atoms with E-state index in [1.54, 1.807) is 0 Å². The van der Waals surface area contributed by atoms with Crippen molar-refractivity contribution < 1.29 is 22.0 Å². The van der Waals surface area contributed by atoms with Crippen molar-refractivity contribution in [2.75, 3.05) is 31.2 Å². The highest BCUT2D eigenvalue weighted by Gasteiger charge is 2.32. The lowest BCUT2D eigenvalue weighted by molar-refractivity contribution is 0.120. The highest BCUT2D eigenvalue weighted by Crippen LogP contribution is 2.35. The molecular formula is C20H19FN2O4S. The zero-order valence-electron chi connectivity index (χ0n) is 15.3. The van der Waals surface area contributed by atoms with E-state index in [1.165, 1.54) is 12.1 Å². The molecule has 6 nitrogen and oxygen atoms in total. The first-order chi connectivity index (χ1) is 13.5. The quantitative estimate of drug-likeness (QED) is 0.623. The van der Waals surface area contributed by atoms with Crippen LogP contribution in [0.1, 0.15) is 5.56 Å². The number of nitrogens with zero attached hydrogens (tertiary/aromatic N) is 2. The molecule has 146 valence electrons. The van der Waals surface area contributed by atoms with Gasteiger partial charge in [0, 0.05) is 18.7 Å². The van der Waals surface area contributed by atoms with E-state index in [4.69, 9.17) is 9.15 Å². The molecule has 1 aliphatic heterocycles. The zero-order valence-corrected chi connectivity index (χ0v) is 16.1. The molecule has 28 heavy (non-hydrogen) atoms. The summed E-state index contributed by atoms with van der Waals surface area (Å²) in [6.07, 6.45) is 0. The van der Waals surface area contributed by atoms with Gasteiger partial charge >= 0.3 is 0 Å². The predicted octanol–water partition coefficient (Wildman–Crippen LogP) is 3.46. The molecule has 0 bridgehead atoms. The van der Waals surface area contributed by atoms with Gasteiger partial charge in [0.05, 0.1) is 18.1 Å². The van der Waals surface area contributed by atoms with E-state index in [1.807, 2.05) is 36.1 Å². The van der Waals surface area contributed by atoms with Crippen LogP contribution in [0.5, 0.6) is 0 Å². The minimum atomic E-state index is -3.99. The highest BCUT2D eigenvalue weighted by atomic mass is 32.2. The smallest absolute Gasteiger partial charge is 0.236 e. The Balaban J connectivity index is 1.87. The number of anilines is 1. The number of aromatic nitrogens is 1. The first-order valence-electron chi connectivity index (χ1n) is 8.87. The Hall–Kier alpha value is -2.71. The van der Waals surface area contributed by atoms with E-state index in [2.05, 4.69) is 4.98 Å². The number of hydrogen-bond acceptors (Lipinski definition) is 6. The summed E-state index contributed by atoms with van der Waals surface area (Å²) < 4.78 is 51.1. The van der Waals surface area contributed by atoms with Crippen molar-refractivity contribution in [3.63, 3.8) is 0 Å². The van der Waals surface area contributed by atoms with Crippen molar-refractivity contribution in [3.8, 4) is 11.5 Å². The standard InChI is InChI=1S/C20H19FN2O4S/c1-14-4-2-3-5-17(14)18-22-19(20(27-18)23-10-12-26-13-11-23)28(24,25)16-8-6-15(21)7-9-16/h2-9H,10-13H2,1H3. The van der Waals surface area contributed by atoms with Crippen molar-refractivity contribution in [2.24, 2.45) is 0 Å². The summed E-state index contributed by atoms with van der Waals surface area (Å²) in [5.74, 6) is -0.0840. The van der Waals surface area contributed by atoms with Gasteiger partial charge in [-0.3, -0.25) is 0 Å². The molecule has 1 aliphatic rings. The number of ether oxygens (including phenoxy) is 1. The monoisotopic (exact) mass is 402 g/mol. The topological polar surface area (TPSA) is 72.6 Å². The zero-order chi connectivity index (χ0) is 19.7. The summed E-state index contributed by atoms with van der Waals surface area (Å²) in [5.41, 5.74) is 1.64. The molecule has 2 aromatic carbocycles. The van der Waals surface area contributed by atoms with Crippen molar-refractivity contribution in [1.82, 2.24) is 4.98 Å². The van der Waals surface area contributed by atoms with Gasteiger partial charge in [0.2, 0.25) is 26.6 Å². The fourth-order valence-corrected chi connectivity index (χ4v) is 4.41. The normalized spacial score (nSPS) is 15.0. The number of rotatable bonds is 4. The minimum absolute atomic E-state index is 0.0342. The molecule has 0 N–H and O–H groups in total. The number of hydrogen-bond donors (Lipinski definition) is 0. The number of halogens is 1. The molecule has 0 aliphatic carbocycles. The fraction of sp³-hybridized carbons (Fsp3) is 0.250. The molecule has 2 heterocycles. The van der Waals surface area contributed by atoms with Gasteiger partial charge in [0.25, 0.3) is 0 Å². The third-order valence-corrected chi connectivity index (χ3v) is 6.30. The Kier molecular flexibility index (Phi) is 4.91. The van der Waals surface area contributed by atoms with E-state index < -0.39 is 15.7 Å². The van der Waals surface area contributed by atoms with Crippen LogP contribution in [0.2, 0.25) is 0 Å². The van der Waals surface area contributed by atoms with E-state index in [9.17, 15) is 12.8 Å². The lowest BCUT2D eigenvalue weighted by Crippen LogP contribution is -2.36. The Morgan fingerprint density at radius 3 is 2.39 bits per heavy atom. The maximum absolute atomic E-state index is 13.3. The van der Waals surface area contributed by atoms with Gasteiger partial charge < -0.3 is 14.1 Å². The first-order valence-corrected chi connectivity index (χ1v) is 10.4. The second-order valence-electron chi connectivity index (χ2n) is 6.50. The van der Waals surface area contributed by atoms with E-state index >= 15 is 0 Å². The fourth-order valence-electron chi connectivity index (χ4n) is 3.09. The van der Waals surface area contributed by atoms with Crippen LogP contribution in [0.4, 0.5) is 10.3 Å². The summed E-state index contributed by atoms with van der Waals surface area (Å²) in [6, 6.07) is 12.2. The Bertz CT molecular complexity index is 1090. The Labute approximate surface area is 162 Å². The summed E-state index contributed by atoms with van der Waals surface area (Å²) in [7, 11) is -3.99. The average molecular weight is 402 g/mol. The second-order valence-corrected chi connectivity index (χ2v) is 8.37. The van der Waals surface area contributed by atoms with Crippen LogP contribution < -0.4 is 4.90 Å². The number of benzene rings is 2. The van der Waals surface area contributed by atoms with Gasteiger partial charge in [0.1, 0.15) is 5.82 Å². The van der Waals surface area contributed by atoms with Crippen molar-refractivity contribution in [3.05, 3.63) is 59.9 Å². The van der Waals surface area contributed by atoms with Crippen LogP contribution in [0, 0.1) is 12.7 Å². The van der Waals surface area contributed by atoms with Crippen molar-refractivity contribution >= 4 is 15.7 Å². The van der Waals surface area contributed by atoms with Crippen LogP contribution >= 0.6 is 0 Å². The first kappa shape index (κ1) is 18.6. The maximum atomic E-state index is 13.3. The Morgan fingerprint density at radius 1 is 1.04 bits per heavy atom. The predicted molar refractivity (Wildman–Crippen MR) is 102 cm³/mol. The molecule has 4 rings (SSSR count). The molecule has 0 amide bonds. The van der Waals surface area contributed by atoms with Crippen LogP contribution in [0.25, 0.3) is 11.5 Å².